The average Bonchev–Trinajstić information content (AvgIpc) is 2.76. The van der Waals surface area contributed by atoms with E-state index in [9.17, 15) is 9.59 Å². The van der Waals surface area contributed by atoms with Crippen molar-refractivity contribution in [3.05, 3.63) is 46.3 Å². The van der Waals surface area contributed by atoms with Gasteiger partial charge in [-0.05, 0) is 49.9 Å². The molecule has 0 aliphatic carbocycles. The maximum atomic E-state index is 12.4. The SMILES string of the molecule is C=C[C@H](C)N1C(=O)S/C(=C\c2cc(Cl)ccc2OCC)C1=O. The maximum absolute atomic E-state index is 12.4. The largest absolute Gasteiger partial charge is 0.493 e. The van der Waals surface area contributed by atoms with Gasteiger partial charge in [-0.15, -0.1) is 6.58 Å². The number of hydrogen-bond donors (Lipinski definition) is 0. The van der Waals surface area contributed by atoms with E-state index in [0.717, 1.165) is 11.8 Å². The number of imide groups is 1. The second kappa shape index (κ2) is 7.03. The first kappa shape index (κ1) is 16.6. The van der Waals surface area contributed by atoms with Crippen LogP contribution in [0.4, 0.5) is 4.79 Å². The van der Waals surface area contributed by atoms with E-state index in [0.29, 0.717) is 27.8 Å². The van der Waals surface area contributed by atoms with Gasteiger partial charge in [0.2, 0.25) is 0 Å². The topological polar surface area (TPSA) is 46.6 Å². The summed E-state index contributed by atoms with van der Waals surface area (Å²) in [5.41, 5.74) is 0.672. The van der Waals surface area contributed by atoms with Crippen LogP contribution in [-0.4, -0.2) is 28.7 Å². The molecule has 1 aromatic rings. The van der Waals surface area contributed by atoms with Gasteiger partial charge in [-0.2, -0.15) is 0 Å². The van der Waals surface area contributed by atoms with Crippen LogP contribution >= 0.6 is 23.4 Å². The second-order valence-corrected chi connectivity index (χ2v) is 6.07. The summed E-state index contributed by atoms with van der Waals surface area (Å²) >= 11 is 6.91. The van der Waals surface area contributed by atoms with Crippen LogP contribution in [0.25, 0.3) is 6.08 Å². The van der Waals surface area contributed by atoms with Gasteiger partial charge < -0.3 is 4.74 Å². The van der Waals surface area contributed by atoms with E-state index < -0.39 is 0 Å². The Balaban J connectivity index is 2.38. The average molecular weight is 338 g/mol. The highest BCUT2D eigenvalue weighted by Crippen LogP contribution is 2.35. The summed E-state index contributed by atoms with van der Waals surface area (Å²) in [6.07, 6.45) is 3.20. The molecule has 1 aliphatic heterocycles. The minimum atomic E-state index is -0.343. The third kappa shape index (κ3) is 3.36. The molecule has 1 fully saturated rings. The molecule has 0 unspecified atom stereocenters. The van der Waals surface area contributed by atoms with Gasteiger partial charge in [0.25, 0.3) is 11.1 Å². The van der Waals surface area contributed by atoms with Crippen LogP contribution in [0.1, 0.15) is 19.4 Å². The molecule has 1 heterocycles. The van der Waals surface area contributed by atoms with Crippen LogP contribution < -0.4 is 4.74 Å². The van der Waals surface area contributed by atoms with E-state index >= 15 is 0 Å². The van der Waals surface area contributed by atoms with Crippen molar-refractivity contribution in [1.82, 2.24) is 4.90 Å². The molecule has 1 saturated heterocycles. The Morgan fingerprint density at radius 3 is 2.82 bits per heavy atom. The van der Waals surface area contributed by atoms with Crippen LogP contribution in [0.5, 0.6) is 5.75 Å². The van der Waals surface area contributed by atoms with Crippen LogP contribution in [-0.2, 0) is 4.79 Å². The van der Waals surface area contributed by atoms with Crippen molar-refractivity contribution in [3.8, 4) is 5.75 Å². The molecular formula is C16H16ClNO3S. The fourth-order valence-corrected chi connectivity index (χ4v) is 3.08. The molecule has 0 saturated carbocycles. The van der Waals surface area contributed by atoms with Crippen LogP contribution in [0.15, 0.2) is 35.8 Å². The Morgan fingerprint density at radius 2 is 2.18 bits per heavy atom. The number of thioether (sulfide) groups is 1. The normalized spacial score (nSPS) is 18.0. The molecule has 6 heteroatoms. The van der Waals surface area contributed by atoms with Crippen molar-refractivity contribution >= 4 is 40.6 Å². The van der Waals surface area contributed by atoms with Crippen molar-refractivity contribution in [2.45, 2.75) is 19.9 Å². The Morgan fingerprint density at radius 1 is 1.45 bits per heavy atom. The molecule has 116 valence electrons. The first-order valence-corrected chi connectivity index (χ1v) is 7.99. The lowest BCUT2D eigenvalue weighted by molar-refractivity contribution is -0.123. The van der Waals surface area contributed by atoms with Crippen LogP contribution in [0, 0.1) is 0 Å². The minimum Gasteiger partial charge on any atom is -0.493 e. The van der Waals surface area contributed by atoms with Gasteiger partial charge in [-0.1, -0.05) is 17.7 Å². The van der Waals surface area contributed by atoms with Crippen molar-refractivity contribution in [1.29, 1.82) is 0 Å². The lowest BCUT2D eigenvalue weighted by atomic mass is 10.1. The predicted octanol–water partition coefficient (Wildman–Crippen LogP) is 4.35. The molecule has 1 atom stereocenters. The monoisotopic (exact) mass is 337 g/mol. The fraction of sp³-hybridized carbons (Fsp3) is 0.250. The van der Waals surface area contributed by atoms with E-state index in [-0.39, 0.29) is 17.2 Å². The zero-order valence-corrected chi connectivity index (χ0v) is 13.9. The fourth-order valence-electron chi connectivity index (χ4n) is 2.00. The highest BCUT2D eigenvalue weighted by Gasteiger charge is 2.37. The molecule has 22 heavy (non-hydrogen) atoms. The molecule has 2 amide bonds. The van der Waals surface area contributed by atoms with Gasteiger partial charge in [0.05, 0.1) is 17.6 Å². The lowest BCUT2D eigenvalue weighted by Crippen LogP contribution is -2.35. The summed E-state index contributed by atoms with van der Waals surface area (Å²) in [5.74, 6) is 0.292. The quantitative estimate of drug-likeness (QED) is 0.592. The standard InChI is InChI=1S/C16H16ClNO3S/c1-4-10(3)18-15(19)14(22-16(18)20)9-11-8-12(17)6-7-13(11)21-5-2/h4,6-10H,1,5H2,2-3H3/b14-9-/t10-/m0/s1. The van der Waals surface area contributed by atoms with E-state index in [1.54, 1.807) is 37.3 Å². The highest BCUT2D eigenvalue weighted by atomic mass is 35.5. The van der Waals surface area contributed by atoms with Gasteiger partial charge in [0, 0.05) is 10.6 Å². The molecular weight excluding hydrogens is 322 g/mol. The smallest absolute Gasteiger partial charge is 0.294 e. The Labute approximate surface area is 138 Å². The number of benzene rings is 1. The van der Waals surface area contributed by atoms with Crippen molar-refractivity contribution in [2.24, 2.45) is 0 Å². The summed E-state index contributed by atoms with van der Waals surface area (Å²) in [6, 6.07) is 4.82. The van der Waals surface area contributed by atoms with E-state index in [1.165, 1.54) is 4.90 Å². The van der Waals surface area contributed by atoms with E-state index in [4.69, 9.17) is 16.3 Å². The van der Waals surface area contributed by atoms with Crippen LogP contribution in [0.2, 0.25) is 5.02 Å². The Kier molecular flexibility index (Phi) is 5.32. The van der Waals surface area contributed by atoms with Gasteiger partial charge in [-0.25, -0.2) is 0 Å². The molecule has 0 aromatic heterocycles. The molecule has 0 bridgehead atoms. The molecule has 4 nitrogen and oxygen atoms in total. The molecule has 0 spiro atoms. The number of carbonyl (C=O) groups is 2. The summed E-state index contributed by atoms with van der Waals surface area (Å²) in [7, 11) is 0. The van der Waals surface area contributed by atoms with Gasteiger partial charge in [-0.3, -0.25) is 14.5 Å². The minimum absolute atomic E-state index is 0.302. The number of carbonyl (C=O) groups excluding carboxylic acids is 2. The summed E-state index contributed by atoms with van der Waals surface area (Å²) in [5, 5.41) is 0.233. The summed E-state index contributed by atoms with van der Waals surface area (Å²) in [4.78, 5) is 25.9. The number of hydrogen-bond acceptors (Lipinski definition) is 4. The summed E-state index contributed by atoms with van der Waals surface area (Å²) < 4.78 is 5.52. The highest BCUT2D eigenvalue weighted by molar-refractivity contribution is 8.18. The number of amides is 2. The van der Waals surface area contributed by atoms with E-state index in [2.05, 4.69) is 6.58 Å². The maximum Gasteiger partial charge on any atom is 0.294 e. The first-order chi connectivity index (χ1) is 10.5. The van der Waals surface area contributed by atoms with Crippen molar-refractivity contribution in [3.63, 3.8) is 0 Å². The molecule has 1 aliphatic rings. The Hall–Kier alpha value is -1.72. The zero-order chi connectivity index (χ0) is 16.3. The third-order valence-electron chi connectivity index (χ3n) is 3.13. The van der Waals surface area contributed by atoms with Gasteiger partial charge in [0.1, 0.15) is 5.75 Å². The number of nitrogens with zero attached hydrogens (tertiary/aromatic N) is 1. The van der Waals surface area contributed by atoms with Gasteiger partial charge in [0.15, 0.2) is 0 Å². The first-order valence-electron chi connectivity index (χ1n) is 6.80. The lowest BCUT2D eigenvalue weighted by Gasteiger charge is -2.17. The Bertz CT molecular complexity index is 657. The third-order valence-corrected chi connectivity index (χ3v) is 4.25. The number of halogens is 1. The number of rotatable bonds is 5. The van der Waals surface area contributed by atoms with Crippen LogP contribution in [0.3, 0.4) is 0 Å². The van der Waals surface area contributed by atoms with Gasteiger partial charge >= 0.3 is 0 Å². The predicted molar refractivity (Wildman–Crippen MR) is 90.1 cm³/mol. The van der Waals surface area contributed by atoms with Crippen molar-refractivity contribution in [2.75, 3.05) is 6.61 Å². The zero-order valence-electron chi connectivity index (χ0n) is 12.3. The van der Waals surface area contributed by atoms with Crippen molar-refractivity contribution < 1.29 is 14.3 Å². The second-order valence-electron chi connectivity index (χ2n) is 4.64. The molecule has 0 N–H and O–H groups in total. The molecule has 0 radical (unpaired) electrons. The summed E-state index contributed by atoms with van der Waals surface area (Å²) in [6.45, 7) is 7.74. The number of ether oxygens (including phenoxy) is 1. The molecule has 1 aromatic carbocycles. The van der Waals surface area contributed by atoms with E-state index in [1.807, 2.05) is 6.92 Å². The molecule has 2 rings (SSSR count).